The Balaban J connectivity index is 1.66. The Hall–Kier alpha value is -0.980. The van der Waals surface area contributed by atoms with Crippen LogP contribution in [0.4, 0.5) is 5.13 Å². The van der Waals surface area contributed by atoms with Gasteiger partial charge in [0.05, 0.1) is 10.6 Å². The summed E-state index contributed by atoms with van der Waals surface area (Å²) in [6.45, 7) is 4.05. The van der Waals surface area contributed by atoms with Crippen molar-refractivity contribution in [3.63, 3.8) is 0 Å². The summed E-state index contributed by atoms with van der Waals surface area (Å²) in [5.41, 5.74) is 1.02. The number of nitrogens with one attached hydrogen (secondary N) is 1. The summed E-state index contributed by atoms with van der Waals surface area (Å²) in [4.78, 5) is 10.3. The summed E-state index contributed by atoms with van der Waals surface area (Å²) in [7, 11) is 0. The monoisotopic (exact) mass is 309 g/mol. The summed E-state index contributed by atoms with van der Waals surface area (Å²) < 4.78 is 5.68. The molecule has 1 atom stereocenters. The van der Waals surface area contributed by atoms with E-state index in [0.29, 0.717) is 0 Å². The maximum Gasteiger partial charge on any atom is 0.183 e. The third kappa shape index (κ3) is 3.19. The van der Waals surface area contributed by atoms with E-state index >= 15 is 0 Å². The summed E-state index contributed by atoms with van der Waals surface area (Å²) in [5, 5.41) is 7.55. The highest BCUT2D eigenvalue weighted by atomic mass is 32.1. The Morgan fingerprint density at radius 1 is 1.50 bits per heavy atom. The van der Waals surface area contributed by atoms with Crippen molar-refractivity contribution in [2.24, 2.45) is 0 Å². The van der Waals surface area contributed by atoms with E-state index in [-0.39, 0.29) is 6.10 Å². The Bertz CT molecular complexity index is 546. The van der Waals surface area contributed by atoms with Crippen LogP contribution in [0.1, 0.15) is 43.7 Å². The predicted octanol–water partition coefficient (Wildman–Crippen LogP) is 4.33. The zero-order valence-electron chi connectivity index (χ0n) is 11.6. The van der Waals surface area contributed by atoms with Gasteiger partial charge in [0.15, 0.2) is 5.13 Å². The number of ether oxygens (including phenoxy) is 1. The number of hydrogen-bond acceptors (Lipinski definition) is 6. The maximum absolute atomic E-state index is 5.68. The molecule has 108 valence electrons. The van der Waals surface area contributed by atoms with Crippen molar-refractivity contribution >= 4 is 27.8 Å². The van der Waals surface area contributed by atoms with Crippen LogP contribution in [-0.4, -0.2) is 23.1 Å². The minimum Gasteiger partial charge on any atom is -0.371 e. The largest absolute Gasteiger partial charge is 0.371 e. The average molecular weight is 309 g/mol. The molecule has 2 aromatic heterocycles. The van der Waals surface area contributed by atoms with E-state index in [2.05, 4.69) is 27.6 Å². The summed E-state index contributed by atoms with van der Waals surface area (Å²) in [6, 6.07) is 0. The maximum atomic E-state index is 5.68. The molecule has 1 aliphatic rings. The smallest absolute Gasteiger partial charge is 0.183 e. The number of thiazole rings is 2. The third-order valence-electron chi connectivity index (χ3n) is 3.29. The van der Waals surface area contributed by atoms with Gasteiger partial charge in [-0.2, -0.15) is 0 Å². The van der Waals surface area contributed by atoms with Gasteiger partial charge in [-0.3, -0.25) is 0 Å². The molecule has 1 unspecified atom stereocenters. The molecular formula is C14H19N3OS2. The first kappa shape index (κ1) is 14.0. The molecule has 3 heterocycles. The van der Waals surface area contributed by atoms with Crippen LogP contribution in [0.25, 0.3) is 10.6 Å². The van der Waals surface area contributed by atoms with Crippen molar-refractivity contribution in [3.8, 4) is 10.6 Å². The van der Waals surface area contributed by atoms with Crippen LogP contribution in [0.2, 0.25) is 0 Å². The normalized spacial score (nSPS) is 18.6. The molecule has 0 bridgehead atoms. The second-order valence-electron chi connectivity index (χ2n) is 4.88. The van der Waals surface area contributed by atoms with Crippen LogP contribution in [0, 0.1) is 0 Å². The minimum absolute atomic E-state index is 0.203. The fourth-order valence-corrected chi connectivity index (χ4v) is 3.94. The van der Waals surface area contributed by atoms with Crippen LogP contribution in [0.3, 0.4) is 0 Å². The van der Waals surface area contributed by atoms with Crippen molar-refractivity contribution in [1.82, 2.24) is 9.97 Å². The van der Waals surface area contributed by atoms with Crippen LogP contribution in [0.15, 0.2) is 11.6 Å². The molecule has 0 saturated carbocycles. The van der Waals surface area contributed by atoms with Gasteiger partial charge in [-0.25, -0.2) is 9.97 Å². The highest BCUT2D eigenvalue weighted by molar-refractivity contribution is 7.16. The minimum atomic E-state index is 0.203. The van der Waals surface area contributed by atoms with Gasteiger partial charge in [0.25, 0.3) is 0 Å². The van der Waals surface area contributed by atoms with E-state index in [4.69, 9.17) is 4.74 Å². The van der Waals surface area contributed by atoms with E-state index in [0.717, 1.165) is 46.7 Å². The molecule has 20 heavy (non-hydrogen) atoms. The topological polar surface area (TPSA) is 47.0 Å². The molecule has 2 aromatic rings. The van der Waals surface area contributed by atoms with Crippen molar-refractivity contribution in [2.75, 3.05) is 18.5 Å². The highest BCUT2D eigenvalue weighted by Crippen LogP contribution is 2.35. The van der Waals surface area contributed by atoms with E-state index in [1.165, 1.54) is 12.8 Å². The number of hydrogen-bond donors (Lipinski definition) is 1. The van der Waals surface area contributed by atoms with Crippen LogP contribution >= 0.6 is 22.7 Å². The summed E-state index contributed by atoms with van der Waals surface area (Å²) in [6.07, 6.45) is 6.74. The van der Waals surface area contributed by atoms with Gasteiger partial charge in [-0.15, -0.1) is 22.7 Å². The number of unbranched alkanes of at least 4 members (excludes halogenated alkanes) is 1. The van der Waals surface area contributed by atoms with Crippen LogP contribution < -0.4 is 5.32 Å². The van der Waals surface area contributed by atoms with Crippen molar-refractivity contribution in [2.45, 2.75) is 38.7 Å². The molecule has 0 aliphatic carbocycles. The lowest BCUT2D eigenvalue weighted by Crippen LogP contribution is -1.99. The molecule has 0 aromatic carbocycles. The molecule has 1 N–H and O–H groups in total. The standard InChI is InChI=1S/C14H19N3OS2/c1-2-3-6-15-14-17-10(9-19-14)12-8-16-13(20-12)11-5-4-7-18-11/h8-9,11H,2-7H2,1H3,(H,15,17). The molecular weight excluding hydrogens is 290 g/mol. The number of nitrogens with zero attached hydrogens (tertiary/aromatic N) is 2. The molecule has 1 fully saturated rings. The van der Waals surface area contributed by atoms with Gasteiger partial charge in [0.2, 0.25) is 0 Å². The van der Waals surface area contributed by atoms with E-state index < -0.39 is 0 Å². The molecule has 0 radical (unpaired) electrons. The molecule has 3 rings (SSSR count). The molecule has 6 heteroatoms. The van der Waals surface area contributed by atoms with Gasteiger partial charge >= 0.3 is 0 Å². The summed E-state index contributed by atoms with van der Waals surface area (Å²) in [5.74, 6) is 0. The molecule has 0 amide bonds. The fraction of sp³-hybridized carbons (Fsp3) is 0.571. The van der Waals surface area contributed by atoms with Gasteiger partial charge in [-0.05, 0) is 19.3 Å². The SMILES string of the molecule is CCCCNc1nc(-c2cnc(C3CCCO3)s2)cs1. The second kappa shape index (κ2) is 6.65. The van der Waals surface area contributed by atoms with E-state index in [1.807, 2.05) is 6.20 Å². The number of rotatable bonds is 6. The Morgan fingerprint density at radius 2 is 2.45 bits per heavy atom. The first-order valence-electron chi connectivity index (χ1n) is 7.14. The predicted molar refractivity (Wildman–Crippen MR) is 84.5 cm³/mol. The van der Waals surface area contributed by atoms with Crippen LogP contribution in [-0.2, 0) is 4.74 Å². The lowest BCUT2D eigenvalue weighted by Gasteiger charge is -2.03. The molecule has 1 aliphatic heterocycles. The first-order valence-corrected chi connectivity index (χ1v) is 8.83. The van der Waals surface area contributed by atoms with Crippen molar-refractivity contribution in [3.05, 3.63) is 16.6 Å². The number of aromatic nitrogens is 2. The zero-order valence-corrected chi connectivity index (χ0v) is 13.2. The first-order chi connectivity index (χ1) is 9.86. The Morgan fingerprint density at radius 3 is 3.25 bits per heavy atom. The quantitative estimate of drug-likeness (QED) is 0.807. The average Bonchev–Trinajstić information content (AvgIpc) is 3.19. The van der Waals surface area contributed by atoms with Crippen molar-refractivity contribution in [1.29, 1.82) is 0 Å². The molecule has 1 saturated heterocycles. The molecule has 0 spiro atoms. The lowest BCUT2D eigenvalue weighted by atomic mass is 10.2. The second-order valence-corrected chi connectivity index (χ2v) is 6.80. The summed E-state index contributed by atoms with van der Waals surface area (Å²) >= 11 is 3.37. The van der Waals surface area contributed by atoms with Gasteiger partial charge in [0.1, 0.15) is 11.1 Å². The van der Waals surface area contributed by atoms with E-state index in [9.17, 15) is 0 Å². The molecule has 4 nitrogen and oxygen atoms in total. The van der Waals surface area contributed by atoms with Gasteiger partial charge < -0.3 is 10.1 Å². The fourth-order valence-electron chi connectivity index (χ4n) is 2.17. The Kier molecular flexibility index (Phi) is 4.65. The highest BCUT2D eigenvalue weighted by Gasteiger charge is 2.21. The zero-order chi connectivity index (χ0) is 13.8. The van der Waals surface area contributed by atoms with Crippen LogP contribution in [0.5, 0.6) is 0 Å². The number of anilines is 1. The van der Waals surface area contributed by atoms with E-state index in [1.54, 1.807) is 22.7 Å². The van der Waals surface area contributed by atoms with Crippen molar-refractivity contribution < 1.29 is 4.74 Å². The Labute approximate surface area is 127 Å². The van der Waals surface area contributed by atoms with Gasteiger partial charge in [0, 0.05) is 24.7 Å². The van der Waals surface area contributed by atoms with Gasteiger partial charge in [-0.1, -0.05) is 13.3 Å². The lowest BCUT2D eigenvalue weighted by molar-refractivity contribution is 0.111. The third-order valence-corrected chi connectivity index (χ3v) is 5.20.